The number of benzene rings is 1. The molecule has 4 rings (SSSR count). The van der Waals surface area contributed by atoms with Gasteiger partial charge in [-0.05, 0) is 42.8 Å². The zero-order valence-corrected chi connectivity index (χ0v) is 14.7. The Morgan fingerprint density at radius 1 is 1.04 bits per heavy atom. The molecule has 6 heteroatoms. The molecule has 1 unspecified atom stereocenters. The van der Waals surface area contributed by atoms with Gasteiger partial charge in [-0.25, -0.2) is 9.97 Å². The van der Waals surface area contributed by atoms with Crippen molar-refractivity contribution in [2.75, 3.05) is 25.1 Å². The molecule has 1 aliphatic heterocycles. The minimum atomic E-state index is 0.193. The van der Waals surface area contributed by atoms with Crippen molar-refractivity contribution in [3.63, 3.8) is 0 Å². The predicted octanol–water partition coefficient (Wildman–Crippen LogP) is 2.75. The molecule has 26 heavy (non-hydrogen) atoms. The lowest BCUT2D eigenvalue weighted by Gasteiger charge is -2.18. The lowest BCUT2D eigenvalue weighted by atomic mass is 10.1. The average Bonchev–Trinajstić information content (AvgIpc) is 3.15. The van der Waals surface area contributed by atoms with Gasteiger partial charge in [0.2, 0.25) is 0 Å². The highest BCUT2D eigenvalue weighted by Gasteiger charge is 2.22. The Hall–Kier alpha value is -2.99. The molecule has 6 nitrogen and oxygen atoms in total. The van der Waals surface area contributed by atoms with Gasteiger partial charge in [-0.1, -0.05) is 0 Å². The molecule has 1 aliphatic rings. The van der Waals surface area contributed by atoms with E-state index in [1.807, 2.05) is 42.5 Å². The van der Waals surface area contributed by atoms with E-state index in [9.17, 15) is 0 Å². The molecule has 1 saturated heterocycles. The van der Waals surface area contributed by atoms with Crippen LogP contribution < -0.4 is 15.4 Å². The summed E-state index contributed by atoms with van der Waals surface area (Å²) in [6.45, 7) is 1.73. The Bertz CT molecular complexity index is 882. The molecule has 132 valence electrons. The van der Waals surface area contributed by atoms with Crippen molar-refractivity contribution in [3.05, 3.63) is 54.9 Å². The largest absolute Gasteiger partial charge is 0.497 e. The molecule has 0 saturated carbocycles. The van der Waals surface area contributed by atoms with E-state index in [0.717, 1.165) is 47.9 Å². The van der Waals surface area contributed by atoms with Crippen molar-refractivity contribution in [2.24, 2.45) is 5.73 Å². The third kappa shape index (κ3) is 3.36. The number of aromatic nitrogens is 3. The second-order valence-corrected chi connectivity index (χ2v) is 6.39. The van der Waals surface area contributed by atoms with Crippen molar-refractivity contribution in [1.29, 1.82) is 0 Å². The van der Waals surface area contributed by atoms with E-state index in [0.29, 0.717) is 5.82 Å². The molecule has 0 aliphatic carbocycles. The molecule has 1 atom stereocenters. The van der Waals surface area contributed by atoms with E-state index >= 15 is 0 Å². The lowest BCUT2D eigenvalue weighted by Crippen LogP contribution is -2.27. The monoisotopic (exact) mass is 347 g/mol. The minimum Gasteiger partial charge on any atom is -0.497 e. The summed E-state index contributed by atoms with van der Waals surface area (Å²) in [7, 11) is 1.66. The molecule has 0 spiro atoms. The first-order chi connectivity index (χ1) is 12.7. The highest BCUT2D eigenvalue weighted by atomic mass is 16.5. The summed E-state index contributed by atoms with van der Waals surface area (Å²) >= 11 is 0. The molecule has 2 aromatic heterocycles. The van der Waals surface area contributed by atoms with Crippen molar-refractivity contribution in [2.45, 2.75) is 12.5 Å². The molecule has 3 aromatic rings. The van der Waals surface area contributed by atoms with Gasteiger partial charge in [0.1, 0.15) is 11.6 Å². The van der Waals surface area contributed by atoms with Crippen LogP contribution >= 0.6 is 0 Å². The highest BCUT2D eigenvalue weighted by molar-refractivity contribution is 5.68. The normalized spacial score (nSPS) is 16.7. The zero-order chi connectivity index (χ0) is 17.9. The number of rotatable bonds is 4. The van der Waals surface area contributed by atoms with Crippen molar-refractivity contribution >= 4 is 5.82 Å². The summed E-state index contributed by atoms with van der Waals surface area (Å²) in [6, 6.07) is 13.9. The summed E-state index contributed by atoms with van der Waals surface area (Å²) in [5, 5.41) is 0. The first-order valence-corrected chi connectivity index (χ1v) is 8.67. The fourth-order valence-corrected chi connectivity index (χ4v) is 3.13. The standard InChI is InChI=1S/C20H21N5O/c1-26-17-4-2-15(3-5-17)20-23-18(14-6-9-22-10-7-14)12-19(24-20)25-11-8-16(21)13-25/h2-7,9-10,12,16H,8,11,13,21H2,1H3. The van der Waals surface area contributed by atoms with Gasteiger partial charge in [0.15, 0.2) is 5.82 Å². The number of pyridine rings is 1. The fraction of sp³-hybridized carbons (Fsp3) is 0.250. The number of nitrogens with two attached hydrogens (primary N) is 1. The van der Waals surface area contributed by atoms with Crippen molar-refractivity contribution < 1.29 is 4.74 Å². The quantitative estimate of drug-likeness (QED) is 0.782. The number of hydrogen-bond donors (Lipinski definition) is 1. The third-order valence-corrected chi connectivity index (χ3v) is 4.59. The van der Waals surface area contributed by atoms with Gasteiger partial charge in [-0.2, -0.15) is 0 Å². The number of nitrogens with zero attached hydrogens (tertiary/aromatic N) is 4. The zero-order valence-electron chi connectivity index (χ0n) is 14.7. The second kappa shape index (κ2) is 7.09. The van der Waals surface area contributed by atoms with E-state index in [1.165, 1.54) is 0 Å². The summed E-state index contributed by atoms with van der Waals surface area (Å²) in [4.78, 5) is 15.9. The van der Waals surface area contributed by atoms with E-state index in [2.05, 4.69) is 9.88 Å². The molecular weight excluding hydrogens is 326 g/mol. The molecular formula is C20H21N5O. The summed E-state index contributed by atoms with van der Waals surface area (Å²) in [6.07, 6.45) is 4.53. The van der Waals surface area contributed by atoms with Crippen LogP contribution in [-0.4, -0.2) is 41.2 Å². The third-order valence-electron chi connectivity index (χ3n) is 4.59. The fourth-order valence-electron chi connectivity index (χ4n) is 3.13. The van der Waals surface area contributed by atoms with E-state index < -0.39 is 0 Å². The van der Waals surface area contributed by atoms with Gasteiger partial charge < -0.3 is 15.4 Å². The van der Waals surface area contributed by atoms with Gasteiger partial charge in [0.25, 0.3) is 0 Å². The van der Waals surface area contributed by atoms with E-state index in [-0.39, 0.29) is 6.04 Å². The van der Waals surface area contributed by atoms with Crippen LogP contribution in [-0.2, 0) is 0 Å². The molecule has 1 fully saturated rings. The number of ether oxygens (including phenoxy) is 1. The summed E-state index contributed by atoms with van der Waals surface area (Å²) < 4.78 is 5.25. The maximum Gasteiger partial charge on any atom is 0.162 e. The van der Waals surface area contributed by atoms with Crippen molar-refractivity contribution in [3.8, 4) is 28.4 Å². The van der Waals surface area contributed by atoms with Gasteiger partial charge in [-0.3, -0.25) is 4.98 Å². The average molecular weight is 347 g/mol. The molecule has 3 heterocycles. The van der Waals surface area contributed by atoms with Crippen molar-refractivity contribution in [1.82, 2.24) is 15.0 Å². The van der Waals surface area contributed by atoms with Crippen LogP contribution in [0.4, 0.5) is 5.82 Å². The minimum absolute atomic E-state index is 0.193. The lowest BCUT2D eigenvalue weighted by molar-refractivity contribution is 0.415. The van der Waals surface area contributed by atoms with Crippen LogP contribution in [0.1, 0.15) is 6.42 Å². The number of hydrogen-bond acceptors (Lipinski definition) is 6. The molecule has 0 bridgehead atoms. The maximum absolute atomic E-state index is 6.09. The second-order valence-electron chi connectivity index (χ2n) is 6.39. The van der Waals surface area contributed by atoms with Gasteiger partial charge in [0, 0.05) is 48.7 Å². The van der Waals surface area contributed by atoms with Crippen LogP contribution in [0.15, 0.2) is 54.9 Å². The van der Waals surface area contributed by atoms with Crippen LogP contribution in [0.25, 0.3) is 22.6 Å². The Morgan fingerprint density at radius 2 is 1.81 bits per heavy atom. The predicted molar refractivity (Wildman–Crippen MR) is 102 cm³/mol. The van der Waals surface area contributed by atoms with E-state index in [4.69, 9.17) is 20.4 Å². The maximum atomic E-state index is 6.09. The first-order valence-electron chi connectivity index (χ1n) is 8.67. The molecule has 1 aromatic carbocycles. The summed E-state index contributed by atoms with van der Waals surface area (Å²) in [5.74, 6) is 2.41. The van der Waals surface area contributed by atoms with Crippen LogP contribution in [0.5, 0.6) is 5.75 Å². The van der Waals surface area contributed by atoms with E-state index in [1.54, 1.807) is 19.5 Å². The van der Waals surface area contributed by atoms with Crippen LogP contribution in [0.2, 0.25) is 0 Å². The Morgan fingerprint density at radius 3 is 2.46 bits per heavy atom. The van der Waals surface area contributed by atoms with Crippen LogP contribution in [0.3, 0.4) is 0 Å². The molecule has 2 N–H and O–H groups in total. The summed E-state index contributed by atoms with van der Waals surface area (Å²) in [5.41, 5.74) is 8.93. The first kappa shape index (κ1) is 16.5. The Labute approximate surface area is 152 Å². The number of anilines is 1. The smallest absolute Gasteiger partial charge is 0.162 e. The molecule has 0 amide bonds. The Balaban J connectivity index is 1.79. The number of methoxy groups -OCH3 is 1. The molecule has 0 radical (unpaired) electrons. The van der Waals surface area contributed by atoms with Gasteiger partial charge in [-0.15, -0.1) is 0 Å². The highest BCUT2D eigenvalue weighted by Crippen LogP contribution is 2.28. The van der Waals surface area contributed by atoms with Gasteiger partial charge in [0.05, 0.1) is 12.8 Å². The Kier molecular flexibility index (Phi) is 4.50. The van der Waals surface area contributed by atoms with Crippen LogP contribution in [0, 0.1) is 0 Å². The van der Waals surface area contributed by atoms with Gasteiger partial charge >= 0.3 is 0 Å². The SMILES string of the molecule is COc1ccc(-c2nc(-c3ccncc3)cc(N3CCC(N)C3)n2)cc1. The topological polar surface area (TPSA) is 77.2 Å².